The number of rotatable bonds is 10. The highest BCUT2D eigenvalue weighted by Gasteiger charge is 2.21. The average molecular weight is 563 g/mol. The Morgan fingerprint density at radius 3 is 2.75 bits per heavy atom. The molecule has 0 saturated carbocycles. The minimum atomic E-state index is -0.527. The zero-order valence-electron chi connectivity index (χ0n) is 23.2. The van der Waals surface area contributed by atoms with Crippen LogP contribution in [0, 0.1) is 6.92 Å². The summed E-state index contributed by atoms with van der Waals surface area (Å²) in [5, 5.41) is 23.2. The van der Waals surface area contributed by atoms with Gasteiger partial charge in [-0.25, -0.2) is 4.99 Å². The summed E-state index contributed by atoms with van der Waals surface area (Å²) in [6.45, 7) is 10.0. The fourth-order valence-corrected chi connectivity index (χ4v) is 5.30. The topological polar surface area (TPSA) is 101 Å². The van der Waals surface area contributed by atoms with Crippen molar-refractivity contribution >= 4 is 29.2 Å². The van der Waals surface area contributed by atoms with Gasteiger partial charge < -0.3 is 31.3 Å². The summed E-state index contributed by atoms with van der Waals surface area (Å²) < 4.78 is 0. The normalized spacial score (nSPS) is 18.4. The molecule has 2 aliphatic rings. The molecule has 2 atom stereocenters. The monoisotopic (exact) mass is 562 g/mol. The molecular weight excluding hydrogens is 524 g/mol. The SMILES string of the molecule is C=CN(/C=C\CC(=O)NC(CO)c1cccc(Cl)c1)[C@H]1N=C(Nc2ccc(C3CCNCC3)c(C)c2)NC=C1C. The first-order valence-electron chi connectivity index (χ1n) is 13.7. The molecule has 40 heavy (non-hydrogen) atoms. The van der Waals surface area contributed by atoms with Crippen LogP contribution in [-0.2, 0) is 4.79 Å². The van der Waals surface area contributed by atoms with Crippen LogP contribution in [-0.4, -0.2) is 47.7 Å². The molecule has 1 unspecified atom stereocenters. The smallest absolute Gasteiger partial charge is 0.224 e. The number of piperidine rings is 1. The third-order valence-electron chi connectivity index (χ3n) is 7.25. The van der Waals surface area contributed by atoms with Gasteiger partial charge in [-0.15, -0.1) is 0 Å². The molecule has 8 nitrogen and oxygen atoms in total. The van der Waals surface area contributed by atoms with Crippen molar-refractivity contribution in [1.82, 2.24) is 20.9 Å². The largest absolute Gasteiger partial charge is 0.394 e. The molecule has 0 aliphatic carbocycles. The van der Waals surface area contributed by atoms with Gasteiger partial charge in [0.1, 0.15) is 0 Å². The van der Waals surface area contributed by atoms with Crippen molar-refractivity contribution in [2.75, 3.05) is 25.0 Å². The highest BCUT2D eigenvalue weighted by atomic mass is 35.5. The van der Waals surface area contributed by atoms with Crippen molar-refractivity contribution in [1.29, 1.82) is 0 Å². The predicted octanol–water partition coefficient (Wildman–Crippen LogP) is 4.92. The number of benzene rings is 2. The van der Waals surface area contributed by atoms with Gasteiger partial charge in [-0.3, -0.25) is 4.79 Å². The van der Waals surface area contributed by atoms with Gasteiger partial charge in [-0.05, 0) is 98.4 Å². The Kier molecular flexibility index (Phi) is 10.4. The molecule has 2 aromatic rings. The fourth-order valence-electron chi connectivity index (χ4n) is 5.10. The number of aliphatic hydroxyl groups excluding tert-OH is 1. The third-order valence-corrected chi connectivity index (χ3v) is 7.48. The Balaban J connectivity index is 1.37. The molecule has 0 radical (unpaired) electrons. The summed E-state index contributed by atoms with van der Waals surface area (Å²) in [7, 11) is 0. The van der Waals surface area contributed by atoms with Crippen molar-refractivity contribution in [2.45, 2.75) is 51.2 Å². The number of amides is 1. The molecule has 9 heteroatoms. The molecule has 1 fully saturated rings. The first-order chi connectivity index (χ1) is 19.4. The summed E-state index contributed by atoms with van der Waals surface area (Å²) in [5.74, 6) is 1.03. The molecular formula is C31H39ClN6O2. The van der Waals surface area contributed by atoms with E-state index in [1.54, 1.807) is 36.7 Å². The van der Waals surface area contributed by atoms with Gasteiger partial charge in [0.2, 0.25) is 11.9 Å². The summed E-state index contributed by atoms with van der Waals surface area (Å²) in [6.07, 6.45) is 9.32. The molecule has 0 aromatic heterocycles. The van der Waals surface area contributed by atoms with E-state index in [-0.39, 0.29) is 25.1 Å². The van der Waals surface area contributed by atoms with Gasteiger partial charge in [-0.1, -0.05) is 42.5 Å². The van der Waals surface area contributed by atoms with Crippen LogP contribution in [0.1, 0.15) is 54.8 Å². The molecule has 2 heterocycles. The van der Waals surface area contributed by atoms with E-state index < -0.39 is 6.04 Å². The number of anilines is 1. The number of nitrogens with zero attached hydrogens (tertiary/aromatic N) is 2. The lowest BCUT2D eigenvalue weighted by molar-refractivity contribution is -0.121. The Bertz CT molecular complexity index is 1280. The van der Waals surface area contributed by atoms with Gasteiger partial charge >= 0.3 is 0 Å². The lowest BCUT2D eigenvalue weighted by Gasteiger charge is -2.29. The Morgan fingerprint density at radius 1 is 1.25 bits per heavy atom. The highest BCUT2D eigenvalue weighted by Crippen LogP contribution is 2.29. The predicted molar refractivity (Wildman–Crippen MR) is 163 cm³/mol. The summed E-state index contributed by atoms with van der Waals surface area (Å²) in [6, 6.07) is 13.1. The molecule has 212 valence electrons. The molecule has 4 rings (SSSR count). The van der Waals surface area contributed by atoms with E-state index in [1.165, 1.54) is 24.0 Å². The van der Waals surface area contributed by atoms with Crippen LogP contribution in [0.15, 0.2) is 84.3 Å². The van der Waals surface area contributed by atoms with Crippen molar-refractivity contribution in [2.24, 2.45) is 4.99 Å². The zero-order chi connectivity index (χ0) is 28.5. The number of guanidine groups is 1. The summed E-state index contributed by atoms with van der Waals surface area (Å²) in [5.41, 5.74) is 5.43. The number of aliphatic imine (C=N–C) groups is 1. The van der Waals surface area contributed by atoms with Crippen LogP contribution in [0.25, 0.3) is 0 Å². The van der Waals surface area contributed by atoms with E-state index in [4.69, 9.17) is 16.6 Å². The van der Waals surface area contributed by atoms with Gasteiger partial charge in [0.15, 0.2) is 6.17 Å². The average Bonchev–Trinajstić information content (AvgIpc) is 2.96. The van der Waals surface area contributed by atoms with Gasteiger partial charge in [0.05, 0.1) is 12.6 Å². The lowest BCUT2D eigenvalue weighted by Crippen LogP contribution is -2.38. The van der Waals surface area contributed by atoms with E-state index in [9.17, 15) is 9.90 Å². The first kappa shape index (κ1) is 29.4. The van der Waals surface area contributed by atoms with Gasteiger partial charge in [-0.2, -0.15) is 0 Å². The van der Waals surface area contributed by atoms with E-state index in [1.807, 2.05) is 24.1 Å². The summed E-state index contributed by atoms with van der Waals surface area (Å²) in [4.78, 5) is 19.3. The minimum absolute atomic E-state index is 0.132. The number of carbonyl (C=O) groups excluding carboxylic acids is 1. The van der Waals surface area contributed by atoms with Crippen molar-refractivity contribution in [3.63, 3.8) is 0 Å². The standard InChI is InChI=1S/C31H39ClN6O2/c1-4-38(16-6-9-29(40)36-28(20-39)24-7-5-8-25(32)18-24)30-22(3)19-34-31(37-30)35-26-10-11-27(21(2)17-26)23-12-14-33-15-13-23/h4-8,10-11,16-19,23,28,30,33,39H,1,9,12-15,20H2,2-3H3,(H,36,40)(H2,34,35,37)/b16-6-/t28?,30-/m1/s1. The Morgan fingerprint density at radius 2 is 2.05 bits per heavy atom. The number of hydrogen-bond donors (Lipinski definition) is 5. The maximum Gasteiger partial charge on any atom is 0.224 e. The van der Waals surface area contributed by atoms with Crippen molar-refractivity contribution in [3.05, 3.63) is 101 Å². The van der Waals surface area contributed by atoms with E-state index in [2.05, 4.69) is 53.0 Å². The Hall–Kier alpha value is -3.59. The second-order valence-electron chi connectivity index (χ2n) is 10.2. The van der Waals surface area contributed by atoms with Gasteiger partial charge in [0, 0.05) is 29.5 Å². The van der Waals surface area contributed by atoms with Crippen LogP contribution in [0.4, 0.5) is 5.69 Å². The van der Waals surface area contributed by atoms with E-state index >= 15 is 0 Å². The van der Waals surface area contributed by atoms with Crippen LogP contribution in [0.5, 0.6) is 0 Å². The number of halogens is 1. The molecule has 0 bridgehead atoms. The number of aliphatic hydroxyl groups is 1. The molecule has 2 aliphatic heterocycles. The maximum absolute atomic E-state index is 12.6. The molecule has 0 spiro atoms. The second-order valence-corrected chi connectivity index (χ2v) is 10.6. The third kappa shape index (κ3) is 7.75. The van der Waals surface area contributed by atoms with Crippen molar-refractivity contribution < 1.29 is 9.90 Å². The van der Waals surface area contributed by atoms with Crippen molar-refractivity contribution in [3.8, 4) is 0 Å². The lowest BCUT2D eigenvalue weighted by atomic mass is 9.87. The molecule has 1 saturated heterocycles. The van der Waals surface area contributed by atoms with Crippen LogP contribution in [0.3, 0.4) is 0 Å². The molecule has 2 aromatic carbocycles. The van der Waals surface area contributed by atoms with Crippen LogP contribution < -0.4 is 21.3 Å². The summed E-state index contributed by atoms with van der Waals surface area (Å²) >= 11 is 6.05. The maximum atomic E-state index is 12.6. The van der Waals surface area contributed by atoms with Crippen LogP contribution in [0.2, 0.25) is 5.02 Å². The number of nitrogens with one attached hydrogen (secondary N) is 4. The molecule has 1 amide bonds. The van der Waals surface area contributed by atoms with E-state index in [0.717, 1.165) is 29.9 Å². The second kappa shape index (κ2) is 14.2. The minimum Gasteiger partial charge on any atom is -0.394 e. The van der Waals surface area contributed by atoms with Crippen LogP contribution >= 0.6 is 11.6 Å². The zero-order valence-corrected chi connectivity index (χ0v) is 23.9. The number of carbonyl (C=O) groups is 1. The van der Waals surface area contributed by atoms with E-state index in [0.29, 0.717) is 16.9 Å². The Labute approximate surface area is 241 Å². The molecule has 5 N–H and O–H groups in total. The quantitative estimate of drug-likeness (QED) is 0.282. The first-order valence-corrected chi connectivity index (χ1v) is 14.1. The number of aryl methyl sites for hydroxylation is 1. The highest BCUT2D eigenvalue weighted by molar-refractivity contribution is 6.30. The van der Waals surface area contributed by atoms with Gasteiger partial charge in [0.25, 0.3) is 0 Å². The fraction of sp³-hybridized carbons (Fsp3) is 0.355. The number of hydrogen-bond acceptors (Lipinski definition) is 7.